The summed E-state index contributed by atoms with van der Waals surface area (Å²) in [5.74, 6) is 0.409. The Morgan fingerprint density at radius 3 is 2.53 bits per heavy atom. The molecule has 0 bridgehead atoms. The molecule has 0 saturated carbocycles. The average molecular weight is 423 g/mol. The lowest BCUT2D eigenvalue weighted by molar-refractivity contribution is -0.130. The zero-order valence-corrected chi connectivity index (χ0v) is 17.4. The van der Waals surface area contributed by atoms with E-state index in [1.54, 1.807) is 67.8 Å². The predicted octanol–water partition coefficient (Wildman–Crippen LogP) is 4.09. The second-order valence-corrected chi connectivity index (χ2v) is 8.71. The second-order valence-electron chi connectivity index (χ2n) is 7.06. The van der Waals surface area contributed by atoms with E-state index < -0.39 is 10.0 Å². The van der Waals surface area contributed by atoms with Crippen molar-refractivity contribution in [3.05, 3.63) is 83.8 Å². The molecule has 0 saturated heterocycles. The molecule has 154 valence electrons. The molecule has 0 radical (unpaired) electrons. The van der Waals surface area contributed by atoms with Crippen molar-refractivity contribution in [3.63, 3.8) is 0 Å². The first-order valence-electron chi connectivity index (χ1n) is 9.45. The molecule has 1 aliphatic rings. The molecule has 1 aliphatic heterocycles. The summed E-state index contributed by atoms with van der Waals surface area (Å²) in [5.41, 5.74) is 2.29. The molecule has 1 amide bonds. The van der Waals surface area contributed by atoms with Crippen LogP contribution in [-0.4, -0.2) is 25.0 Å². The molecular weight excluding hydrogens is 402 g/mol. The van der Waals surface area contributed by atoms with Gasteiger partial charge in [-0.2, -0.15) is 5.10 Å². The maximum Gasteiger partial charge on any atom is 0.262 e. The van der Waals surface area contributed by atoms with Crippen molar-refractivity contribution in [3.8, 4) is 0 Å². The second kappa shape index (κ2) is 7.79. The quantitative estimate of drug-likeness (QED) is 0.669. The molecular formula is C22H21N3O4S. The van der Waals surface area contributed by atoms with Gasteiger partial charge in [0.25, 0.3) is 10.0 Å². The Morgan fingerprint density at radius 2 is 1.83 bits per heavy atom. The van der Waals surface area contributed by atoms with Crippen LogP contribution in [-0.2, 0) is 14.8 Å². The number of nitrogens with zero attached hydrogens (tertiary/aromatic N) is 2. The van der Waals surface area contributed by atoms with Crippen LogP contribution < -0.4 is 4.72 Å². The Balaban J connectivity index is 1.70. The van der Waals surface area contributed by atoms with Gasteiger partial charge in [0.1, 0.15) is 11.8 Å². The summed E-state index contributed by atoms with van der Waals surface area (Å²) in [6, 6.07) is 17.0. The number of rotatable bonds is 5. The normalized spacial score (nSPS) is 16.4. The van der Waals surface area contributed by atoms with Crippen LogP contribution >= 0.6 is 0 Å². The topological polar surface area (TPSA) is 92.0 Å². The molecule has 30 heavy (non-hydrogen) atoms. The monoisotopic (exact) mass is 423 g/mol. The summed E-state index contributed by atoms with van der Waals surface area (Å²) in [7, 11) is -3.79. The molecule has 0 fully saturated rings. The molecule has 1 N–H and O–H groups in total. The first kappa shape index (κ1) is 19.9. The van der Waals surface area contributed by atoms with E-state index in [0.717, 1.165) is 0 Å². The number of furan rings is 1. The van der Waals surface area contributed by atoms with Crippen LogP contribution in [0.5, 0.6) is 0 Å². The van der Waals surface area contributed by atoms with E-state index in [-0.39, 0.29) is 16.8 Å². The largest absolute Gasteiger partial charge is 0.467 e. The van der Waals surface area contributed by atoms with Crippen LogP contribution in [0, 0.1) is 6.92 Å². The zero-order chi connectivity index (χ0) is 21.3. The minimum atomic E-state index is -3.79. The van der Waals surface area contributed by atoms with Gasteiger partial charge >= 0.3 is 0 Å². The highest BCUT2D eigenvalue weighted by Gasteiger charge is 2.34. The van der Waals surface area contributed by atoms with Gasteiger partial charge in [-0.1, -0.05) is 36.4 Å². The van der Waals surface area contributed by atoms with E-state index in [1.165, 1.54) is 11.9 Å². The smallest absolute Gasteiger partial charge is 0.262 e. The lowest BCUT2D eigenvalue weighted by Crippen LogP contribution is -2.23. The fourth-order valence-corrected chi connectivity index (χ4v) is 4.87. The number of amides is 1. The number of hydrogen-bond acceptors (Lipinski definition) is 5. The number of benzene rings is 2. The molecule has 1 atom stereocenters. The molecule has 0 spiro atoms. The predicted molar refractivity (Wildman–Crippen MR) is 114 cm³/mol. The number of anilines is 1. The van der Waals surface area contributed by atoms with Crippen molar-refractivity contribution in [2.24, 2.45) is 5.10 Å². The van der Waals surface area contributed by atoms with Gasteiger partial charge in [0.15, 0.2) is 0 Å². The summed E-state index contributed by atoms with van der Waals surface area (Å²) in [6.07, 6.45) is 1.96. The Hall–Kier alpha value is -3.39. The molecule has 7 nitrogen and oxygen atoms in total. The van der Waals surface area contributed by atoms with Crippen LogP contribution in [0.2, 0.25) is 0 Å². The summed E-state index contributed by atoms with van der Waals surface area (Å²) < 4.78 is 34.1. The molecule has 2 aromatic carbocycles. The molecule has 2 heterocycles. The van der Waals surface area contributed by atoms with Gasteiger partial charge < -0.3 is 4.42 Å². The maximum atomic E-state index is 13.0. The highest BCUT2D eigenvalue weighted by atomic mass is 32.2. The third-order valence-electron chi connectivity index (χ3n) is 4.97. The van der Waals surface area contributed by atoms with Crippen LogP contribution in [0.15, 0.2) is 81.3 Å². The molecule has 8 heteroatoms. The Kier molecular flexibility index (Phi) is 5.17. The SMILES string of the molecule is CC(=O)N1N=C(c2ccccc2NS(=O)(=O)c2ccccc2C)C[C@H]1c1ccco1. The van der Waals surface area contributed by atoms with E-state index in [1.807, 2.05) is 6.07 Å². The lowest BCUT2D eigenvalue weighted by atomic mass is 10.0. The molecule has 4 rings (SSSR count). The minimum Gasteiger partial charge on any atom is -0.467 e. The van der Waals surface area contributed by atoms with Crippen LogP contribution in [0.25, 0.3) is 0 Å². The summed E-state index contributed by atoms with van der Waals surface area (Å²) in [4.78, 5) is 12.3. The number of sulfonamides is 1. The van der Waals surface area contributed by atoms with Crippen molar-refractivity contribution >= 4 is 27.3 Å². The van der Waals surface area contributed by atoms with Crippen molar-refractivity contribution in [2.75, 3.05) is 4.72 Å². The van der Waals surface area contributed by atoms with Crippen LogP contribution in [0.1, 0.15) is 36.3 Å². The van der Waals surface area contributed by atoms with Gasteiger partial charge in [-0.15, -0.1) is 0 Å². The van der Waals surface area contributed by atoms with Crippen molar-refractivity contribution in [1.82, 2.24) is 5.01 Å². The maximum absolute atomic E-state index is 13.0. The standard InChI is InChI=1S/C22H21N3O4S/c1-15-8-3-6-12-22(15)30(27,28)24-18-10-5-4-9-17(18)19-14-20(21-11-7-13-29-21)25(23-19)16(2)26/h3-13,20,24H,14H2,1-2H3/t20-/m0/s1. The number of hydrazone groups is 1. The van der Waals surface area contributed by atoms with Gasteiger partial charge in [0.05, 0.1) is 22.6 Å². The Morgan fingerprint density at radius 1 is 1.10 bits per heavy atom. The number of hydrogen-bond donors (Lipinski definition) is 1. The third kappa shape index (κ3) is 3.73. The van der Waals surface area contributed by atoms with Crippen LogP contribution in [0.3, 0.4) is 0 Å². The minimum absolute atomic E-state index is 0.215. The highest BCUT2D eigenvalue weighted by Crippen LogP contribution is 2.35. The van der Waals surface area contributed by atoms with E-state index in [2.05, 4.69) is 9.82 Å². The Bertz CT molecular complexity index is 1220. The zero-order valence-electron chi connectivity index (χ0n) is 16.6. The first-order valence-corrected chi connectivity index (χ1v) is 10.9. The number of para-hydroxylation sites is 1. The summed E-state index contributed by atoms with van der Waals surface area (Å²) in [6.45, 7) is 3.19. The van der Waals surface area contributed by atoms with Crippen molar-refractivity contribution < 1.29 is 17.6 Å². The van der Waals surface area contributed by atoms with E-state index >= 15 is 0 Å². The molecule has 0 aliphatic carbocycles. The first-order chi connectivity index (χ1) is 14.4. The van der Waals surface area contributed by atoms with Crippen LogP contribution in [0.4, 0.5) is 5.69 Å². The van der Waals surface area contributed by atoms with Gasteiger partial charge in [-0.25, -0.2) is 13.4 Å². The third-order valence-corrected chi connectivity index (χ3v) is 6.50. The molecule has 0 unspecified atom stereocenters. The van der Waals surface area contributed by atoms with Gasteiger partial charge in [0.2, 0.25) is 5.91 Å². The fraction of sp³-hybridized carbons (Fsp3) is 0.182. The van der Waals surface area contributed by atoms with E-state index in [4.69, 9.17) is 4.42 Å². The average Bonchev–Trinajstić information content (AvgIpc) is 3.38. The van der Waals surface area contributed by atoms with E-state index in [0.29, 0.717) is 34.7 Å². The Labute approximate surface area is 175 Å². The van der Waals surface area contributed by atoms with E-state index in [9.17, 15) is 13.2 Å². The van der Waals surface area contributed by atoms with Crippen molar-refractivity contribution in [2.45, 2.75) is 31.2 Å². The van der Waals surface area contributed by atoms with Gasteiger partial charge in [-0.3, -0.25) is 9.52 Å². The van der Waals surface area contributed by atoms with Gasteiger partial charge in [-0.05, 0) is 36.8 Å². The fourth-order valence-electron chi connectivity index (χ4n) is 3.55. The summed E-state index contributed by atoms with van der Waals surface area (Å²) >= 11 is 0. The summed E-state index contributed by atoms with van der Waals surface area (Å²) in [5, 5.41) is 5.86. The van der Waals surface area contributed by atoms with Crippen molar-refractivity contribution in [1.29, 1.82) is 0 Å². The number of aryl methyl sites for hydroxylation is 1. The highest BCUT2D eigenvalue weighted by molar-refractivity contribution is 7.92. The number of carbonyl (C=O) groups is 1. The van der Waals surface area contributed by atoms with Gasteiger partial charge in [0, 0.05) is 18.9 Å². The molecule has 3 aromatic rings. The lowest BCUT2D eigenvalue weighted by Gasteiger charge is -2.17. The molecule has 1 aromatic heterocycles. The number of carbonyl (C=O) groups excluding carboxylic acids is 1. The number of nitrogens with one attached hydrogen (secondary N) is 1.